The molecule has 2 unspecified atom stereocenters. The van der Waals surface area contributed by atoms with E-state index in [4.69, 9.17) is 5.11 Å². The SMILES string of the molecule is CCCC(NC(=O)NC(C)CCCN(CC)CC)C(=O)O. The summed E-state index contributed by atoms with van der Waals surface area (Å²) >= 11 is 0. The molecule has 0 saturated carbocycles. The van der Waals surface area contributed by atoms with Gasteiger partial charge in [0.2, 0.25) is 0 Å². The number of nitrogens with one attached hydrogen (secondary N) is 2. The van der Waals surface area contributed by atoms with Gasteiger partial charge in [-0.3, -0.25) is 0 Å². The van der Waals surface area contributed by atoms with Crippen molar-refractivity contribution in [1.82, 2.24) is 15.5 Å². The minimum Gasteiger partial charge on any atom is -0.480 e. The van der Waals surface area contributed by atoms with E-state index >= 15 is 0 Å². The van der Waals surface area contributed by atoms with Crippen LogP contribution in [-0.4, -0.2) is 53.7 Å². The lowest BCUT2D eigenvalue weighted by Crippen LogP contribution is -2.48. The number of aliphatic carboxylic acids is 1. The van der Waals surface area contributed by atoms with Gasteiger partial charge in [-0.2, -0.15) is 0 Å². The number of carboxylic acid groups (broad SMARTS) is 1. The summed E-state index contributed by atoms with van der Waals surface area (Å²) in [6.45, 7) is 11.2. The summed E-state index contributed by atoms with van der Waals surface area (Å²) in [6, 6.07) is -1.17. The molecule has 0 aliphatic carbocycles. The Morgan fingerprint density at radius 1 is 1.10 bits per heavy atom. The van der Waals surface area contributed by atoms with Gasteiger partial charge in [-0.05, 0) is 45.8 Å². The summed E-state index contributed by atoms with van der Waals surface area (Å²) in [5.74, 6) is -0.985. The number of carbonyl (C=O) groups is 2. The van der Waals surface area contributed by atoms with Crippen LogP contribution in [0.3, 0.4) is 0 Å². The number of carboxylic acids is 1. The molecule has 6 nitrogen and oxygen atoms in total. The fourth-order valence-corrected chi connectivity index (χ4v) is 2.20. The molecule has 6 heteroatoms. The van der Waals surface area contributed by atoms with Gasteiger partial charge in [0.1, 0.15) is 6.04 Å². The van der Waals surface area contributed by atoms with E-state index in [-0.39, 0.29) is 6.04 Å². The van der Waals surface area contributed by atoms with Crippen molar-refractivity contribution in [3.05, 3.63) is 0 Å². The van der Waals surface area contributed by atoms with E-state index < -0.39 is 18.0 Å². The zero-order chi connectivity index (χ0) is 16.3. The lowest BCUT2D eigenvalue weighted by molar-refractivity contribution is -0.139. The lowest BCUT2D eigenvalue weighted by Gasteiger charge is -2.20. The number of hydrogen-bond donors (Lipinski definition) is 3. The van der Waals surface area contributed by atoms with Gasteiger partial charge in [0, 0.05) is 6.04 Å². The van der Waals surface area contributed by atoms with Gasteiger partial charge in [-0.25, -0.2) is 9.59 Å². The number of urea groups is 1. The molecule has 0 rings (SSSR count). The predicted molar refractivity (Wildman–Crippen MR) is 84.5 cm³/mol. The molecule has 0 heterocycles. The minimum atomic E-state index is -0.985. The first-order valence-corrected chi connectivity index (χ1v) is 7.96. The van der Waals surface area contributed by atoms with Crippen LogP contribution in [-0.2, 0) is 4.79 Å². The van der Waals surface area contributed by atoms with Crippen LogP contribution in [0, 0.1) is 0 Å². The molecule has 21 heavy (non-hydrogen) atoms. The second-order valence-corrected chi connectivity index (χ2v) is 5.37. The molecule has 124 valence electrons. The Kier molecular flexibility index (Phi) is 10.7. The normalized spacial score (nSPS) is 13.8. The van der Waals surface area contributed by atoms with Crippen molar-refractivity contribution in [2.75, 3.05) is 19.6 Å². The zero-order valence-corrected chi connectivity index (χ0v) is 13.8. The van der Waals surface area contributed by atoms with Crippen molar-refractivity contribution in [2.45, 2.75) is 65.5 Å². The summed E-state index contributed by atoms with van der Waals surface area (Å²) < 4.78 is 0. The predicted octanol–water partition coefficient (Wildman–Crippen LogP) is 2.05. The van der Waals surface area contributed by atoms with Crippen LogP contribution in [0.5, 0.6) is 0 Å². The number of hydrogen-bond acceptors (Lipinski definition) is 3. The second kappa shape index (κ2) is 11.4. The Labute approximate surface area is 128 Å². The smallest absolute Gasteiger partial charge is 0.326 e. The molecular formula is C15H31N3O3. The van der Waals surface area contributed by atoms with Gasteiger partial charge in [-0.15, -0.1) is 0 Å². The molecule has 0 aliphatic heterocycles. The van der Waals surface area contributed by atoms with Crippen molar-refractivity contribution in [3.8, 4) is 0 Å². The molecule has 0 bridgehead atoms. The maximum absolute atomic E-state index is 11.8. The second-order valence-electron chi connectivity index (χ2n) is 5.37. The van der Waals surface area contributed by atoms with Crippen molar-refractivity contribution < 1.29 is 14.7 Å². The van der Waals surface area contributed by atoms with E-state index in [0.29, 0.717) is 6.42 Å². The molecule has 0 aliphatic rings. The fourth-order valence-electron chi connectivity index (χ4n) is 2.20. The molecule has 0 aromatic carbocycles. The Bertz CT molecular complexity index is 307. The third kappa shape index (κ3) is 9.28. The van der Waals surface area contributed by atoms with Crippen molar-refractivity contribution in [2.24, 2.45) is 0 Å². The number of rotatable bonds is 11. The van der Waals surface area contributed by atoms with Crippen LogP contribution in [0.1, 0.15) is 53.4 Å². The third-order valence-electron chi connectivity index (χ3n) is 3.56. The van der Waals surface area contributed by atoms with Crippen LogP contribution < -0.4 is 10.6 Å². The van der Waals surface area contributed by atoms with Crippen LogP contribution in [0.4, 0.5) is 4.79 Å². The molecule has 0 fully saturated rings. The number of carbonyl (C=O) groups excluding carboxylic acids is 1. The molecule has 3 N–H and O–H groups in total. The summed E-state index contributed by atoms with van der Waals surface area (Å²) in [7, 11) is 0. The van der Waals surface area contributed by atoms with Crippen molar-refractivity contribution >= 4 is 12.0 Å². The summed E-state index contributed by atoms with van der Waals surface area (Å²) in [6.07, 6.45) is 3.06. The first-order valence-electron chi connectivity index (χ1n) is 7.96. The van der Waals surface area contributed by atoms with E-state index in [0.717, 1.165) is 38.9 Å². The molecule has 0 spiro atoms. The molecule has 0 radical (unpaired) electrons. The lowest BCUT2D eigenvalue weighted by atomic mass is 10.1. The molecule has 2 amide bonds. The fraction of sp³-hybridized carbons (Fsp3) is 0.867. The Morgan fingerprint density at radius 3 is 2.19 bits per heavy atom. The molecule has 0 saturated heterocycles. The van der Waals surface area contributed by atoms with Gasteiger partial charge < -0.3 is 20.6 Å². The molecular weight excluding hydrogens is 270 g/mol. The Balaban J connectivity index is 4.00. The highest BCUT2D eigenvalue weighted by Gasteiger charge is 2.19. The van der Waals surface area contributed by atoms with Crippen LogP contribution >= 0.6 is 0 Å². The maximum atomic E-state index is 11.8. The molecule has 0 aromatic rings. The van der Waals surface area contributed by atoms with E-state index in [1.165, 1.54) is 0 Å². The van der Waals surface area contributed by atoms with E-state index in [9.17, 15) is 9.59 Å². The first kappa shape index (κ1) is 19.7. The van der Waals surface area contributed by atoms with Gasteiger partial charge in [0.05, 0.1) is 0 Å². The first-order chi connectivity index (χ1) is 9.94. The van der Waals surface area contributed by atoms with Gasteiger partial charge in [-0.1, -0.05) is 27.2 Å². The van der Waals surface area contributed by atoms with Crippen molar-refractivity contribution in [3.63, 3.8) is 0 Å². The van der Waals surface area contributed by atoms with Crippen LogP contribution in [0.25, 0.3) is 0 Å². The highest BCUT2D eigenvalue weighted by atomic mass is 16.4. The summed E-state index contributed by atoms with van der Waals surface area (Å²) in [4.78, 5) is 25.1. The average molecular weight is 301 g/mol. The minimum absolute atomic E-state index is 0.0385. The average Bonchev–Trinajstić information content (AvgIpc) is 2.43. The van der Waals surface area contributed by atoms with Crippen molar-refractivity contribution in [1.29, 1.82) is 0 Å². The molecule has 2 atom stereocenters. The van der Waals surface area contributed by atoms with E-state index in [1.54, 1.807) is 0 Å². The van der Waals surface area contributed by atoms with Crippen LogP contribution in [0.15, 0.2) is 0 Å². The van der Waals surface area contributed by atoms with Crippen LogP contribution in [0.2, 0.25) is 0 Å². The van der Waals surface area contributed by atoms with Gasteiger partial charge in [0.25, 0.3) is 0 Å². The third-order valence-corrected chi connectivity index (χ3v) is 3.56. The highest BCUT2D eigenvalue weighted by molar-refractivity contribution is 5.82. The summed E-state index contributed by atoms with van der Waals surface area (Å²) in [5.41, 5.74) is 0. The standard InChI is InChI=1S/C15H31N3O3/c1-5-9-13(14(19)20)17-15(21)16-12(4)10-8-11-18(6-2)7-3/h12-13H,5-11H2,1-4H3,(H,19,20)(H2,16,17,21). The van der Waals surface area contributed by atoms with E-state index in [2.05, 4.69) is 29.4 Å². The zero-order valence-electron chi connectivity index (χ0n) is 13.8. The molecule has 0 aromatic heterocycles. The van der Waals surface area contributed by atoms with E-state index in [1.807, 2.05) is 13.8 Å². The number of nitrogens with zero attached hydrogens (tertiary/aromatic N) is 1. The maximum Gasteiger partial charge on any atom is 0.326 e. The Morgan fingerprint density at radius 2 is 1.71 bits per heavy atom. The summed E-state index contributed by atoms with van der Waals surface area (Å²) in [5, 5.41) is 14.3. The van der Waals surface area contributed by atoms with Gasteiger partial charge in [0.15, 0.2) is 0 Å². The monoisotopic (exact) mass is 301 g/mol. The highest BCUT2D eigenvalue weighted by Crippen LogP contribution is 2.01. The Hall–Kier alpha value is -1.30. The largest absolute Gasteiger partial charge is 0.480 e. The van der Waals surface area contributed by atoms with Gasteiger partial charge >= 0.3 is 12.0 Å². The quantitative estimate of drug-likeness (QED) is 0.545. The number of amides is 2. The topological polar surface area (TPSA) is 81.7 Å².